The van der Waals surface area contributed by atoms with Gasteiger partial charge in [0.25, 0.3) is 0 Å². The standard InChI is InChI=1S/C44H32N4.C39H31N7.C33H27N7/c1-29-9-3-11-33(25-29)35-13-5-15-37(27-35)43-46-42(32-22-20-31(21-23-32)39-17-7-19-41-40(39)18-8-24-45-41)47-44(48-43)38-16-6-14-36(28-38)34-12-4-10-30(2)26-34;1-24-21-25(2)41-35(40-24)29-13-17-31(18-14-29)37-44-38(32-19-15-30(16-20-32)36-42-26(3)22-27(4)43-36)46-39(45-37)34-12-8-11-33(23-34)28-9-6-5-7-10-28;1-20-18-21(2)35-29(34-20)25-10-14-27(15-11-25)32-38-31(24-8-6-5-7-9-24)39-33(40-32)28-16-12-26(13-17-28)30-36-22(3)19-23(4)37-30/h3-28H,1-2H3;5-23H,1-4H3;5-19H,1-4H3. The van der Waals surface area contributed by atoms with E-state index in [9.17, 15) is 0 Å². The fraction of sp³-hybridized carbons (Fsp3) is 0.0862. The summed E-state index contributed by atoms with van der Waals surface area (Å²) >= 11 is 0. The molecule has 0 spiro atoms. The molecule has 0 saturated carbocycles. The number of aryl methyl sites for hydroxylation is 10. The second kappa shape index (κ2) is 38.5. The lowest BCUT2D eigenvalue weighted by molar-refractivity contribution is 1.06. The Balaban J connectivity index is 0.000000130. The van der Waals surface area contributed by atoms with Crippen molar-refractivity contribution in [1.82, 2.24) is 89.7 Å². The van der Waals surface area contributed by atoms with E-state index in [0.29, 0.717) is 75.7 Å². The summed E-state index contributed by atoms with van der Waals surface area (Å²) in [6.07, 6.45) is 1.83. The van der Waals surface area contributed by atoms with Gasteiger partial charge in [0, 0.05) is 129 Å². The molecule has 0 radical (unpaired) electrons. The van der Waals surface area contributed by atoms with Gasteiger partial charge in [-0.15, -0.1) is 0 Å². The zero-order chi connectivity index (χ0) is 91.7. The highest BCUT2D eigenvalue weighted by atomic mass is 15.1. The number of nitrogens with zero attached hydrogens (tertiary/aromatic N) is 18. The van der Waals surface area contributed by atoms with Crippen LogP contribution in [0.1, 0.15) is 56.7 Å². The van der Waals surface area contributed by atoms with Gasteiger partial charge in [0.2, 0.25) is 0 Å². The molecule has 18 nitrogen and oxygen atoms in total. The van der Waals surface area contributed by atoms with Crippen molar-refractivity contribution in [1.29, 1.82) is 0 Å². The lowest BCUT2D eigenvalue weighted by Crippen LogP contribution is -2.01. The Morgan fingerprint density at radius 3 is 0.627 bits per heavy atom. The van der Waals surface area contributed by atoms with Gasteiger partial charge in [-0.3, -0.25) is 4.98 Å². The van der Waals surface area contributed by atoms with Crippen molar-refractivity contribution >= 4 is 10.9 Å². The number of aromatic nitrogens is 18. The largest absolute Gasteiger partial charge is 0.256 e. The molecule has 0 fully saturated rings. The van der Waals surface area contributed by atoms with Gasteiger partial charge in [-0.05, 0) is 168 Å². The van der Waals surface area contributed by atoms with Gasteiger partial charge >= 0.3 is 0 Å². The van der Waals surface area contributed by atoms with E-state index in [0.717, 1.165) is 173 Å². The third-order valence-electron chi connectivity index (χ3n) is 22.7. The molecule has 0 N–H and O–H groups in total. The number of hydrogen-bond donors (Lipinski definition) is 0. The predicted molar refractivity (Wildman–Crippen MR) is 537 cm³/mol. The summed E-state index contributed by atoms with van der Waals surface area (Å²) in [7, 11) is 0. The molecule has 0 atom stereocenters. The molecule has 21 rings (SSSR count). The Kier molecular flexibility index (Phi) is 24.7. The van der Waals surface area contributed by atoms with E-state index < -0.39 is 0 Å². The summed E-state index contributed by atoms with van der Waals surface area (Å²) in [6, 6.07) is 121. The van der Waals surface area contributed by atoms with Crippen LogP contribution in [0, 0.1) is 69.2 Å². The van der Waals surface area contributed by atoms with Gasteiger partial charge in [0.15, 0.2) is 75.7 Å². The van der Waals surface area contributed by atoms with Crippen molar-refractivity contribution in [2.75, 3.05) is 0 Å². The maximum absolute atomic E-state index is 5.07. The Morgan fingerprint density at radius 2 is 0.343 bits per heavy atom. The van der Waals surface area contributed by atoms with Crippen LogP contribution in [0.15, 0.2) is 364 Å². The highest BCUT2D eigenvalue weighted by Gasteiger charge is 2.21. The van der Waals surface area contributed by atoms with Crippen LogP contribution in [0.4, 0.5) is 0 Å². The van der Waals surface area contributed by atoms with E-state index in [1.807, 2.05) is 256 Å². The van der Waals surface area contributed by atoms with E-state index in [4.69, 9.17) is 44.9 Å². The summed E-state index contributed by atoms with van der Waals surface area (Å²) < 4.78 is 0. The van der Waals surface area contributed by atoms with E-state index in [2.05, 4.69) is 222 Å². The second-order valence-electron chi connectivity index (χ2n) is 33.3. The Morgan fingerprint density at radius 1 is 0.134 bits per heavy atom. The van der Waals surface area contributed by atoms with Crippen LogP contribution in [0.2, 0.25) is 0 Å². The smallest absolute Gasteiger partial charge is 0.164 e. The number of pyridine rings is 1. The normalized spacial score (nSPS) is 11.1. The van der Waals surface area contributed by atoms with E-state index in [1.165, 1.54) is 11.1 Å². The van der Waals surface area contributed by atoms with Gasteiger partial charge in [-0.25, -0.2) is 84.7 Å². The average Bonchev–Trinajstić information content (AvgIpc) is 0.789. The summed E-state index contributed by atoms with van der Waals surface area (Å²) in [4.78, 5) is 86.1. The molecule has 644 valence electrons. The van der Waals surface area contributed by atoms with Crippen molar-refractivity contribution in [2.45, 2.75) is 69.2 Å². The van der Waals surface area contributed by atoms with Crippen LogP contribution in [0.3, 0.4) is 0 Å². The summed E-state index contributed by atoms with van der Waals surface area (Å²) in [5, 5.41) is 1.12. The molecule has 0 unspecified atom stereocenters. The van der Waals surface area contributed by atoms with E-state index in [1.54, 1.807) is 0 Å². The summed E-state index contributed by atoms with van der Waals surface area (Å²) in [5.41, 5.74) is 31.9. The van der Waals surface area contributed by atoms with Crippen molar-refractivity contribution < 1.29 is 0 Å². The van der Waals surface area contributed by atoms with Crippen LogP contribution in [-0.2, 0) is 0 Å². The molecular weight excluding hydrogens is 1650 g/mol. The lowest BCUT2D eigenvalue weighted by atomic mass is 9.99. The fourth-order valence-electron chi connectivity index (χ4n) is 16.3. The molecule has 0 amide bonds. The third-order valence-corrected chi connectivity index (χ3v) is 22.7. The predicted octanol–water partition coefficient (Wildman–Crippen LogP) is 26.7. The number of benzene rings is 13. The molecule has 8 heterocycles. The molecule has 0 aliphatic rings. The first kappa shape index (κ1) is 86.0. The zero-order valence-corrected chi connectivity index (χ0v) is 75.7. The summed E-state index contributed by atoms with van der Waals surface area (Å²) in [5.74, 6) is 8.28. The van der Waals surface area contributed by atoms with Gasteiger partial charge in [-0.1, -0.05) is 314 Å². The zero-order valence-electron chi connectivity index (χ0n) is 75.7. The van der Waals surface area contributed by atoms with Crippen molar-refractivity contribution in [3.05, 3.63) is 421 Å². The Labute approximate surface area is 778 Å². The minimum atomic E-state index is 0.583. The van der Waals surface area contributed by atoms with Crippen LogP contribution < -0.4 is 0 Å². The molecule has 21 aromatic rings. The molecule has 13 aromatic carbocycles. The molecule has 0 saturated heterocycles. The molecule has 0 aliphatic carbocycles. The first-order valence-electron chi connectivity index (χ1n) is 44.4. The van der Waals surface area contributed by atoms with Crippen molar-refractivity contribution in [3.8, 4) is 193 Å². The maximum atomic E-state index is 5.07. The number of fused-ring (bicyclic) bond motifs is 1. The number of rotatable bonds is 17. The van der Waals surface area contributed by atoms with Crippen LogP contribution in [0.25, 0.3) is 203 Å². The second-order valence-corrected chi connectivity index (χ2v) is 33.3. The third kappa shape index (κ3) is 20.1. The van der Waals surface area contributed by atoms with Crippen molar-refractivity contribution in [2.24, 2.45) is 0 Å². The first-order chi connectivity index (χ1) is 65.3. The summed E-state index contributed by atoms with van der Waals surface area (Å²) in [6.45, 7) is 20.1. The van der Waals surface area contributed by atoms with Crippen LogP contribution >= 0.6 is 0 Å². The van der Waals surface area contributed by atoms with E-state index in [-0.39, 0.29) is 0 Å². The monoisotopic (exact) mass is 1730 g/mol. The van der Waals surface area contributed by atoms with E-state index >= 15 is 0 Å². The van der Waals surface area contributed by atoms with Crippen LogP contribution in [0.5, 0.6) is 0 Å². The molecular formula is C116H90N18. The van der Waals surface area contributed by atoms with Gasteiger partial charge in [-0.2, -0.15) is 0 Å². The Hall–Kier alpha value is -17.4. The van der Waals surface area contributed by atoms with Crippen LogP contribution in [-0.4, -0.2) is 89.7 Å². The minimum Gasteiger partial charge on any atom is -0.256 e. The fourth-order valence-corrected chi connectivity index (χ4v) is 16.3. The van der Waals surface area contributed by atoms with Gasteiger partial charge in [0.1, 0.15) is 0 Å². The molecule has 0 bridgehead atoms. The SMILES string of the molecule is Cc1cc(C)nc(-c2ccc(-c3nc(-c4ccc(-c5nc(C)cc(C)n5)cc4)nc(-c4cccc(-c5ccccc5)c4)n3)cc2)n1.Cc1cc(C)nc(-c2ccc(-c3nc(-c4ccccc4)nc(-c4ccc(-c5nc(C)cc(C)n5)cc4)n3)cc2)n1.Cc1cccc(-c2cccc(-c3nc(-c4ccc(-c5cccc6ncccc56)cc4)nc(-c4cccc(-c5cccc(C)c5)c4)n3)c2)c1. The average molecular weight is 1740 g/mol. The highest BCUT2D eigenvalue weighted by Crippen LogP contribution is 2.37. The van der Waals surface area contributed by atoms with Gasteiger partial charge in [0.05, 0.1) is 5.52 Å². The Bertz CT molecular complexity index is 7470. The number of hydrogen-bond acceptors (Lipinski definition) is 18. The van der Waals surface area contributed by atoms with Gasteiger partial charge < -0.3 is 0 Å². The lowest BCUT2D eigenvalue weighted by Gasteiger charge is -2.11. The molecule has 134 heavy (non-hydrogen) atoms. The highest BCUT2D eigenvalue weighted by molar-refractivity contribution is 5.95. The molecule has 18 heteroatoms. The van der Waals surface area contributed by atoms with Crippen molar-refractivity contribution in [3.63, 3.8) is 0 Å². The first-order valence-corrected chi connectivity index (χ1v) is 44.4. The minimum absolute atomic E-state index is 0.583. The topological polar surface area (TPSA) is 232 Å². The quantitative estimate of drug-likeness (QED) is 0.0824. The molecule has 8 aromatic heterocycles. The maximum Gasteiger partial charge on any atom is 0.164 e. The molecule has 0 aliphatic heterocycles.